The smallest absolute Gasteiger partial charge is 0.0789 e. The van der Waals surface area contributed by atoms with Gasteiger partial charge in [-0.1, -0.05) is 6.92 Å². The Labute approximate surface area is 80.9 Å². The van der Waals surface area contributed by atoms with Crippen LogP contribution in [0.1, 0.15) is 26.7 Å². The van der Waals surface area contributed by atoms with Crippen LogP contribution >= 0.6 is 0 Å². The van der Waals surface area contributed by atoms with Gasteiger partial charge in [-0.25, -0.2) is 0 Å². The highest BCUT2D eigenvalue weighted by Crippen LogP contribution is 2.21. The van der Waals surface area contributed by atoms with E-state index in [4.69, 9.17) is 5.73 Å². The van der Waals surface area contributed by atoms with Crippen LogP contribution in [0.4, 0.5) is 0 Å². The fourth-order valence-electron chi connectivity index (χ4n) is 2.07. The van der Waals surface area contributed by atoms with Gasteiger partial charge in [0.2, 0.25) is 0 Å². The molecule has 0 saturated carbocycles. The van der Waals surface area contributed by atoms with Crippen molar-refractivity contribution in [1.82, 2.24) is 4.90 Å². The van der Waals surface area contributed by atoms with E-state index in [1.165, 1.54) is 12.8 Å². The van der Waals surface area contributed by atoms with Crippen LogP contribution in [-0.2, 0) is 0 Å². The molecule has 0 aliphatic carbocycles. The van der Waals surface area contributed by atoms with Crippen molar-refractivity contribution >= 4 is 0 Å². The molecule has 0 bridgehead atoms. The monoisotopic (exact) mass is 186 g/mol. The number of aliphatic hydroxyl groups is 1. The Hall–Kier alpha value is -0.120. The molecule has 0 spiro atoms. The van der Waals surface area contributed by atoms with Gasteiger partial charge in [0.25, 0.3) is 0 Å². The van der Waals surface area contributed by atoms with Crippen LogP contribution < -0.4 is 5.73 Å². The minimum Gasteiger partial charge on any atom is -0.390 e. The summed E-state index contributed by atoms with van der Waals surface area (Å²) in [6.07, 6.45) is 2.15. The molecule has 3 N–H and O–H groups in total. The van der Waals surface area contributed by atoms with Crippen molar-refractivity contribution in [3.8, 4) is 0 Å². The van der Waals surface area contributed by atoms with Gasteiger partial charge in [-0.3, -0.25) is 4.90 Å². The zero-order valence-corrected chi connectivity index (χ0v) is 8.74. The summed E-state index contributed by atoms with van der Waals surface area (Å²) >= 11 is 0. The van der Waals surface area contributed by atoms with E-state index in [0.717, 1.165) is 19.0 Å². The van der Waals surface area contributed by atoms with Gasteiger partial charge in [0, 0.05) is 19.1 Å². The lowest BCUT2D eigenvalue weighted by molar-refractivity contribution is 0.0643. The number of hydrogen-bond donors (Lipinski definition) is 2. The van der Waals surface area contributed by atoms with Crippen LogP contribution in [-0.4, -0.2) is 41.8 Å². The molecule has 1 rings (SSSR count). The van der Waals surface area contributed by atoms with Gasteiger partial charge in [-0.05, 0) is 32.2 Å². The molecule has 3 nitrogen and oxygen atoms in total. The van der Waals surface area contributed by atoms with Crippen LogP contribution in [0.25, 0.3) is 0 Å². The van der Waals surface area contributed by atoms with Crippen molar-refractivity contribution in [3.63, 3.8) is 0 Å². The van der Waals surface area contributed by atoms with Gasteiger partial charge in [-0.2, -0.15) is 0 Å². The van der Waals surface area contributed by atoms with E-state index < -0.39 is 0 Å². The van der Waals surface area contributed by atoms with Crippen LogP contribution in [0.2, 0.25) is 0 Å². The quantitative estimate of drug-likeness (QED) is 0.672. The van der Waals surface area contributed by atoms with Gasteiger partial charge in [-0.15, -0.1) is 0 Å². The molecule has 78 valence electrons. The highest BCUT2D eigenvalue weighted by atomic mass is 16.3. The minimum absolute atomic E-state index is 0.351. The molecular formula is C10H22N2O. The predicted octanol–water partition coefficient (Wildman–Crippen LogP) is 0.426. The summed E-state index contributed by atoms with van der Waals surface area (Å²) in [6, 6.07) is 0.602. The summed E-state index contributed by atoms with van der Waals surface area (Å²) in [4.78, 5) is 2.34. The van der Waals surface area contributed by atoms with Gasteiger partial charge in [0.1, 0.15) is 0 Å². The highest BCUT2D eigenvalue weighted by Gasteiger charge is 2.23. The molecule has 3 atom stereocenters. The van der Waals surface area contributed by atoms with Crippen molar-refractivity contribution in [2.75, 3.05) is 19.6 Å². The average molecular weight is 186 g/mol. The summed E-state index contributed by atoms with van der Waals surface area (Å²) in [5, 5.41) is 9.43. The summed E-state index contributed by atoms with van der Waals surface area (Å²) in [7, 11) is 0. The number of β-amino-alcohol motifs (C(OH)–C–C–N with tert-alkyl or cyclic N) is 1. The molecule has 2 unspecified atom stereocenters. The topological polar surface area (TPSA) is 49.5 Å². The molecule has 0 aromatic heterocycles. The van der Waals surface area contributed by atoms with Crippen LogP contribution in [0.5, 0.6) is 0 Å². The van der Waals surface area contributed by atoms with Crippen LogP contribution in [0.3, 0.4) is 0 Å². The summed E-state index contributed by atoms with van der Waals surface area (Å²) < 4.78 is 0. The fourth-order valence-corrected chi connectivity index (χ4v) is 2.07. The molecule has 1 fully saturated rings. The van der Waals surface area contributed by atoms with Gasteiger partial charge >= 0.3 is 0 Å². The highest BCUT2D eigenvalue weighted by molar-refractivity contribution is 4.78. The van der Waals surface area contributed by atoms with Gasteiger partial charge in [0.05, 0.1) is 6.10 Å². The Balaban J connectivity index is 2.33. The fraction of sp³-hybridized carbons (Fsp3) is 1.00. The van der Waals surface area contributed by atoms with E-state index in [9.17, 15) is 5.11 Å². The number of hydrogen-bond acceptors (Lipinski definition) is 3. The number of rotatable bonds is 3. The third kappa shape index (κ3) is 3.25. The maximum atomic E-state index is 9.43. The molecule has 1 heterocycles. The number of nitrogens with zero attached hydrogens (tertiary/aromatic N) is 1. The van der Waals surface area contributed by atoms with E-state index in [0.29, 0.717) is 12.6 Å². The zero-order chi connectivity index (χ0) is 9.84. The first-order chi connectivity index (χ1) is 6.13. The second-order valence-electron chi connectivity index (χ2n) is 4.36. The Bertz CT molecular complexity index is 152. The normalized spacial score (nSPS) is 33.2. The van der Waals surface area contributed by atoms with E-state index in [-0.39, 0.29) is 6.10 Å². The first kappa shape index (κ1) is 11.0. The molecule has 1 saturated heterocycles. The predicted molar refractivity (Wildman–Crippen MR) is 54.5 cm³/mol. The number of nitrogens with two attached hydrogens (primary N) is 1. The van der Waals surface area contributed by atoms with Crippen molar-refractivity contribution in [1.29, 1.82) is 0 Å². The van der Waals surface area contributed by atoms with E-state index in [2.05, 4.69) is 18.7 Å². The van der Waals surface area contributed by atoms with Crippen molar-refractivity contribution in [2.45, 2.75) is 38.8 Å². The molecule has 0 aromatic rings. The zero-order valence-electron chi connectivity index (χ0n) is 8.74. The van der Waals surface area contributed by atoms with E-state index >= 15 is 0 Å². The molecule has 0 aromatic carbocycles. The molecule has 1 aliphatic rings. The average Bonchev–Trinajstić information content (AvgIpc) is 2.09. The Morgan fingerprint density at radius 2 is 2.23 bits per heavy atom. The SMILES string of the molecule is CC1CCN(C[C@H](O)CN)C(C)C1. The molecule has 0 radical (unpaired) electrons. The molecular weight excluding hydrogens is 164 g/mol. The molecule has 1 aliphatic heterocycles. The Morgan fingerprint density at radius 3 is 2.77 bits per heavy atom. The lowest BCUT2D eigenvalue weighted by atomic mass is 9.93. The van der Waals surface area contributed by atoms with Gasteiger partial charge in [0.15, 0.2) is 0 Å². The molecule has 0 amide bonds. The van der Waals surface area contributed by atoms with E-state index in [1.807, 2.05) is 0 Å². The summed E-state index contributed by atoms with van der Waals surface area (Å²) in [6.45, 7) is 6.76. The second kappa shape index (κ2) is 4.94. The molecule has 3 heteroatoms. The molecule has 13 heavy (non-hydrogen) atoms. The number of likely N-dealkylation sites (tertiary alicyclic amines) is 1. The maximum absolute atomic E-state index is 9.43. The lowest BCUT2D eigenvalue weighted by Gasteiger charge is -2.37. The lowest BCUT2D eigenvalue weighted by Crippen LogP contribution is -2.45. The Morgan fingerprint density at radius 1 is 1.54 bits per heavy atom. The minimum atomic E-state index is -0.351. The summed E-state index contributed by atoms with van der Waals surface area (Å²) in [5.74, 6) is 0.835. The first-order valence-corrected chi connectivity index (χ1v) is 5.25. The first-order valence-electron chi connectivity index (χ1n) is 5.25. The third-order valence-electron chi connectivity index (χ3n) is 2.99. The van der Waals surface area contributed by atoms with Crippen LogP contribution in [0, 0.1) is 5.92 Å². The van der Waals surface area contributed by atoms with Crippen molar-refractivity contribution in [2.24, 2.45) is 11.7 Å². The third-order valence-corrected chi connectivity index (χ3v) is 2.99. The number of aliphatic hydroxyl groups excluding tert-OH is 1. The van der Waals surface area contributed by atoms with Crippen molar-refractivity contribution in [3.05, 3.63) is 0 Å². The largest absolute Gasteiger partial charge is 0.390 e. The summed E-state index contributed by atoms with van der Waals surface area (Å²) in [5.41, 5.74) is 5.39. The van der Waals surface area contributed by atoms with E-state index in [1.54, 1.807) is 0 Å². The second-order valence-corrected chi connectivity index (χ2v) is 4.36. The van der Waals surface area contributed by atoms with Crippen LogP contribution in [0.15, 0.2) is 0 Å². The van der Waals surface area contributed by atoms with Gasteiger partial charge < -0.3 is 10.8 Å². The van der Waals surface area contributed by atoms with Crippen molar-refractivity contribution < 1.29 is 5.11 Å². The maximum Gasteiger partial charge on any atom is 0.0789 e. The number of piperidine rings is 1. The Kier molecular flexibility index (Phi) is 4.16. The standard InChI is InChI=1S/C10H22N2O/c1-8-3-4-12(9(2)5-8)7-10(13)6-11/h8-10,13H,3-7,11H2,1-2H3/t8?,9?,10-/m1/s1.